The van der Waals surface area contributed by atoms with Crippen molar-refractivity contribution < 1.29 is 45.4 Å². The third kappa shape index (κ3) is 11.2. The molecule has 8 rings (SSSR count). The summed E-state index contributed by atoms with van der Waals surface area (Å²) in [5, 5.41) is 23.6. The van der Waals surface area contributed by atoms with Crippen molar-refractivity contribution in [3.63, 3.8) is 0 Å². The average Bonchev–Trinajstić information content (AvgIpc) is 4.11. The highest BCUT2D eigenvalue weighted by Gasteiger charge is 2.34. The van der Waals surface area contributed by atoms with Gasteiger partial charge in [-0.25, -0.2) is 0 Å². The molecule has 0 spiro atoms. The summed E-state index contributed by atoms with van der Waals surface area (Å²) in [6, 6.07) is 11.1. The first-order valence-corrected chi connectivity index (χ1v) is 21.9. The lowest BCUT2D eigenvalue weighted by molar-refractivity contribution is -0.275. The fourth-order valence-corrected chi connectivity index (χ4v) is 9.29. The van der Waals surface area contributed by atoms with Gasteiger partial charge in [0.1, 0.15) is 11.5 Å². The fraction of sp³-hybridized carbons (Fsp3) is 0.435. The lowest BCUT2D eigenvalue weighted by atomic mass is 9.79. The topological polar surface area (TPSA) is 148 Å². The van der Waals surface area contributed by atoms with Gasteiger partial charge in [-0.2, -0.15) is 20.4 Å². The van der Waals surface area contributed by atoms with Crippen molar-refractivity contribution in [1.29, 1.82) is 0 Å². The van der Waals surface area contributed by atoms with Crippen molar-refractivity contribution in [2.45, 2.75) is 89.0 Å². The van der Waals surface area contributed by atoms with E-state index in [9.17, 15) is 35.9 Å². The molecule has 2 aliphatic rings. The second-order valence-electron chi connectivity index (χ2n) is 17.1. The third-order valence-electron chi connectivity index (χ3n) is 12.6. The summed E-state index contributed by atoms with van der Waals surface area (Å²) in [7, 11) is 3.45. The van der Waals surface area contributed by atoms with Crippen LogP contribution in [0.25, 0.3) is 22.5 Å². The van der Waals surface area contributed by atoms with E-state index >= 15 is 0 Å². The van der Waals surface area contributed by atoms with E-state index in [0.29, 0.717) is 36.8 Å². The lowest BCUT2D eigenvalue weighted by Gasteiger charge is -2.28. The van der Waals surface area contributed by atoms with E-state index in [1.807, 2.05) is 31.8 Å². The molecule has 2 fully saturated rings. The van der Waals surface area contributed by atoms with E-state index in [0.717, 1.165) is 56.9 Å². The number of benzene rings is 2. The van der Waals surface area contributed by atoms with E-state index in [2.05, 4.69) is 40.5 Å². The summed E-state index contributed by atoms with van der Waals surface area (Å²) < 4.78 is 94.1. The Kier molecular flexibility index (Phi) is 13.6. The number of ether oxygens (including phenoxy) is 2. The van der Waals surface area contributed by atoms with Crippen LogP contribution < -0.4 is 20.1 Å². The zero-order valence-corrected chi connectivity index (χ0v) is 36.4. The second-order valence-corrected chi connectivity index (χ2v) is 17.1. The molecular formula is C46H50F6N10O4. The highest BCUT2D eigenvalue weighted by molar-refractivity contribution is 6.01. The summed E-state index contributed by atoms with van der Waals surface area (Å²) in [6.45, 7) is 1.46. The highest BCUT2D eigenvalue weighted by atomic mass is 19.4. The van der Waals surface area contributed by atoms with Gasteiger partial charge >= 0.3 is 12.7 Å². The Hall–Kier alpha value is -6.60. The van der Waals surface area contributed by atoms with Crippen LogP contribution in [-0.2, 0) is 27.2 Å². The Morgan fingerprint density at radius 1 is 0.652 bits per heavy atom. The van der Waals surface area contributed by atoms with E-state index in [-0.39, 0.29) is 52.6 Å². The number of amides is 2. The fourth-order valence-electron chi connectivity index (χ4n) is 9.29. The molecular weight excluding hydrogens is 871 g/mol. The first-order chi connectivity index (χ1) is 31.6. The minimum Gasteiger partial charge on any atom is -0.406 e. The summed E-state index contributed by atoms with van der Waals surface area (Å²) in [6.07, 6.45) is 7.89. The molecule has 0 radical (unpaired) electrons. The van der Waals surface area contributed by atoms with Crippen LogP contribution >= 0.6 is 0 Å². The first kappa shape index (κ1) is 45.9. The standard InChI is InChI=1S/C46H50F6N10O4/c1-59-27-34(23-55-59)31-14-10-29(11-15-31)21-53-43(63)38-26-58-62(41(38)33-6-5-7-36(20-33)65-45(47,48)49)19-18-61-28-35(24-57-61)32-16-12-30(13-17-32)22-54-44(64)39-25-56-60(2)42(39)37-8-3-4-9-40(37)66-46(50,51)52/h3-9,20,23-32H,10-19,21-22H2,1-2H3,(H,53,63)(H,54,64). The average molecular weight is 921 g/mol. The molecule has 0 aliphatic heterocycles. The monoisotopic (exact) mass is 920 g/mol. The number of rotatable bonds is 15. The number of nitrogens with one attached hydrogen (secondary N) is 2. The molecule has 0 unspecified atom stereocenters. The van der Waals surface area contributed by atoms with Gasteiger partial charge in [-0.05, 0) is 110 Å². The Balaban J connectivity index is 0.871. The predicted molar refractivity (Wildman–Crippen MR) is 229 cm³/mol. The largest absolute Gasteiger partial charge is 0.573 e. The number of nitrogens with zero attached hydrogens (tertiary/aromatic N) is 8. The van der Waals surface area contributed by atoms with Crippen molar-refractivity contribution in [3.8, 4) is 34.0 Å². The molecule has 2 amide bonds. The summed E-state index contributed by atoms with van der Waals surface area (Å²) >= 11 is 0. The molecule has 20 heteroatoms. The summed E-state index contributed by atoms with van der Waals surface area (Å²) in [5.74, 6) is -0.559. The minimum atomic E-state index is -4.91. The summed E-state index contributed by atoms with van der Waals surface area (Å²) in [5.41, 5.74) is 3.62. The van der Waals surface area contributed by atoms with Gasteiger partial charge in [0, 0.05) is 50.7 Å². The first-order valence-electron chi connectivity index (χ1n) is 21.9. The molecule has 0 bridgehead atoms. The molecule has 14 nitrogen and oxygen atoms in total. The normalized spacial score (nSPS) is 19.1. The quantitative estimate of drug-likeness (QED) is 0.0973. The van der Waals surface area contributed by atoms with Gasteiger partial charge in [0.25, 0.3) is 11.8 Å². The maximum absolute atomic E-state index is 13.8. The van der Waals surface area contributed by atoms with E-state index < -0.39 is 30.1 Å². The van der Waals surface area contributed by atoms with Gasteiger partial charge in [0.2, 0.25) is 0 Å². The number of alkyl halides is 6. The van der Waals surface area contributed by atoms with Crippen LogP contribution in [0, 0.1) is 11.8 Å². The maximum Gasteiger partial charge on any atom is 0.573 e. The van der Waals surface area contributed by atoms with Crippen molar-refractivity contribution >= 4 is 11.8 Å². The maximum atomic E-state index is 13.8. The molecule has 66 heavy (non-hydrogen) atoms. The number of halogens is 6. The van der Waals surface area contributed by atoms with Gasteiger partial charge in [0.15, 0.2) is 0 Å². The van der Waals surface area contributed by atoms with E-state index in [1.54, 1.807) is 33.2 Å². The molecule has 350 valence electrons. The third-order valence-corrected chi connectivity index (χ3v) is 12.6. The molecule has 4 aromatic heterocycles. The predicted octanol–water partition coefficient (Wildman–Crippen LogP) is 8.79. The molecule has 4 heterocycles. The smallest absolute Gasteiger partial charge is 0.406 e. The molecule has 2 saturated carbocycles. The van der Waals surface area contributed by atoms with Crippen molar-refractivity contribution in [1.82, 2.24) is 49.8 Å². The Labute approximate surface area is 376 Å². The number of para-hydroxylation sites is 1. The highest BCUT2D eigenvalue weighted by Crippen LogP contribution is 2.39. The summed E-state index contributed by atoms with van der Waals surface area (Å²) in [4.78, 5) is 27.1. The molecule has 0 saturated heterocycles. The van der Waals surface area contributed by atoms with Crippen LogP contribution in [0.2, 0.25) is 0 Å². The van der Waals surface area contributed by atoms with Gasteiger partial charge < -0.3 is 20.1 Å². The second kappa shape index (κ2) is 19.5. The van der Waals surface area contributed by atoms with Gasteiger partial charge in [-0.3, -0.25) is 28.3 Å². The zero-order valence-electron chi connectivity index (χ0n) is 36.4. The number of aryl methyl sites for hydroxylation is 4. The van der Waals surface area contributed by atoms with Crippen molar-refractivity contribution in [2.75, 3.05) is 13.1 Å². The lowest BCUT2D eigenvalue weighted by Crippen LogP contribution is -2.31. The number of carbonyl (C=O) groups excluding carboxylic acids is 2. The van der Waals surface area contributed by atoms with E-state index in [4.69, 9.17) is 0 Å². The Morgan fingerprint density at radius 3 is 1.86 bits per heavy atom. The molecule has 2 N–H and O–H groups in total. The molecule has 0 atom stereocenters. The number of hydrogen-bond donors (Lipinski definition) is 2. The SMILES string of the molecule is Cn1cc(C2CCC(CNC(=O)c3cnn(CCn4cc(C5CCC(CNC(=O)c6cnn(C)c6-c6ccccc6OC(F)(F)F)CC5)cn4)c3-c3cccc(OC(F)(F)F)c3)CC2)cn1. The van der Waals surface area contributed by atoms with Crippen molar-refractivity contribution in [3.05, 3.63) is 108 Å². The number of carbonyl (C=O) groups is 2. The van der Waals surface area contributed by atoms with Crippen LogP contribution in [0.1, 0.15) is 95.0 Å². The van der Waals surface area contributed by atoms with Gasteiger partial charge in [0.05, 0.1) is 60.4 Å². The van der Waals surface area contributed by atoms with Crippen LogP contribution in [0.5, 0.6) is 11.5 Å². The molecule has 2 aromatic carbocycles. The van der Waals surface area contributed by atoms with Crippen molar-refractivity contribution in [2.24, 2.45) is 25.9 Å². The van der Waals surface area contributed by atoms with Crippen LogP contribution in [0.15, 0.2) is 85.7 Å². The van der Waals surface area contributed by atoms with Crippen LogP contribution in [-0.4, -0.2) is 76.8 Å². The Morgan fingerprint density at radius 2 is 1.24 bits per heavy atom. The minimum absolute atomic E-state index is 0.0876. The number of hydrogen-bond acceptors (Lipinski definition) is 8. The Bertz CT molecular complexity index is 2610. The van der Waals surface area contributed by atoms with Gasteiger partial charge in [-0.15, -0.1) is 26.3 Å². The van der Waals surface area contributed by atoms with Gasteiger partial charge in [-0.1, -0.05) is 24.3 Å². The molecule has 2 aliphatic carbocycles. The molecule has 6 aromatic rings. The van der Waals surface area contributed by atoms with E-state index in [1.165, 1.54) is 59.0 Å². The number of aromatic nitrogens is 8. The van der Waals surface area contributed by atoms with Crippen LogP contribution in [0.3, 0.4) is 0 Å². The van der Waals surface area contributed by atoms with Crippen LogP contribution in [0.4, 0.5) is 26.3 Å². The zero-order chi connectivity index (χ0) is 46.6.